The third kappa shape index (κ3) is 4.35. The van der Waals surface area contributed by atoms with Crippen molar-refractivity contribution in [2.45, 2.75) is 0 Å². The van der Waals surface area contributed by atoms with Gasteiger partial charge in [-0.05, 0) is 28.8 Å². The van der Waals surface area contributed by atoms with Gasteiger partial charge in [-0.15, -0.1) is 0 Å². The standard InChI is InChI=1S/C21H16N4/c1-25(2)20-11-7-17(8-12-20)4-3-16-5-9-18(10-6-16)21(15-24)19(13-22)14-23/h3-12H,1-2H3. The van der Waals surface area contributed by atoms with Crippen molar-refractivity contribution in [3.63, 3.8) is 0 Å². The molecule has 2 aromatic rings. The van der Waals surface area contributed by atoms with Gasteiger partial charge in [-0.2, -0.15) is 15.8 Å². The molecule has 25 heavy (non-hydrogen) atoms. The van der Waals surface area contributed by atoms with E-state index in [1.165, 1.54) is 0 Å². The molecule has 0 saturated heterocycles. The van der Waals surface area contributed by atoms with Crippen LogP contribution in [0.4, 0.5) is 5.69 Å². The van der Waals surface area contributed by atoms with Gasteiger partial charge in [0, 0.05) is 19.8 Å². The van der Waals surface area contributed by atoms with Crippen molar-refractivity contribution in [3.05, 3.63) is 70.8 Å². The average molecular weight is 324 g/mol. The number of benzene rings is 2. The number of nitrogens with zero attached hydrogens (tertiary/aromatic N) is 4. The molecule has 0 fully saturated rings. The molecule has 2 aromatic carbocycles. The first-order chi connectivity index (χ1) is 12.1. The summed E-state index contributed by atoms with van der Waals surface area (Å²) in [6.45, 7) is 0. The molecule has 0 unspecified atom stereocenters. The van der Waals surface area contributed by atoms with E-state index >= 15 is 0 Å². The molecule has 0 N–H and O–H groups in total. The minimum absolute atomic E-state index is 0.0970. The lowest BCUT2D eigenvalue weighted by molar-refractivity contribution is 1.13. The number of anilines is 1. The summed E-state index contributed by atoms with van der Waals surface area (Å²) in [6, 6.07) is 20.8. The SMILES string of the molecule is CN(C)c1ccc(C=Cc2ccc(C(C#N)=C(C#N)C#N)cc2)cc1. The van der Waals surface area contributed by atoms with Crippen LogP contribution in [0.2, 0.25) is 0 Å². The van der Waals surface area contributed by atoms with Crippen LogP contribution >= 0.6 is 0 Å². The third-order valence-corrected chi connectivity index (χ3v) is 3.66. The molecule has 0 spiro atoms. The molecule has 4 heteroatoms. The monoisotopic (exact) mass is 324 g/mol. The molecule has 2 rings (SSSR count). The molecule has 4 nitrogen and oxygen atoms in total. The second-order valence-electron chi connectivity index (χ2n) is 5.53. The summed E-state index contributed by atoms with van der Waals surface area (Å²) < 4.78 is 0. The van der Waals surface area contributed by atoms with Gasteiger partial charge in [-0.1, -0.05) is 48.6 Å². The van der Waals surface area contributed by atoms with Gasteiger partial charge in [-0.3, -0.25) is 0 Å². The maximum atomic E-state index is 9.17. The Kier molecular flexibility index (Phi) is 5.72. The molecule has 0 aliphatic heterocycles. The molecule has 0 amide bonds. The Hall–Kier alpha value is -3.81. The van der Waals surface area contributed by atoms with E-state index in [9.17, 15) is 0 Å². The molecule has 0 atom stereocenters. The van der Waals surface area contributed by atoms with E-state index < -0.39 is 0 Å². The van der Waals surface area contributed by atoms with Crippen LogP contribution in [-0.4, -0.2) is 14.1 Å². The van der Waals surface area contributed by atoms with Crippen LogP contribution in [0.15, 0.2) is 54.1 Å². The third-order valence-electron chi connectivity index (χ3n) is 3.66. The quantitative estimate of drug-likeness (QED) is 0.622. The molecule has 0 aliphatic rings. The van der Waals surface area contributed by atoms with E-state index in [4.69, 9.17) is 15.8 Å². The Labute approximate surface area is 147 Å². The van der Waals surface area contributed by atoms with Crippen molar-refractivity contribution in [2.24, 2.45) is 0 Å². The van der Waals surface area contributed by atoms with Crippen molar-refractivity contribution in [1.82, 2.24) is 0 Å². The largest absolute Gasteiger partial charge is 0.378 e. The van der Waals surface area contributed by atoms with E-state index in [2.05, 4.69) is 12.1 Å². The molecule has 120 valence electrons. The van der Waals surface area contributed by atoms with Crippen LogP contribution in [0, 0.1) is 34.0 Å². The van der Waals surface area contributed by atoms with Crippen molar-refractivity contribution >= 4 is 23.4 Å². The van der Waals surface area contributed by atoms with Gasteiger partial charge in [0.2, 0.25) is 0 Å². The van der Waals surface area contributed by atoms with E-state index in [0.29, 0.717) is 5.56 Å². The topological polar surface area (TPSA) is 74.6 Å². The molecule has 0 aromatic heterocycles. The highest BCUT2D eigenvalue weighted by Crippen LogP contribution is 2.20. The van der Waals surface area contributed by atoms with Crippen LogP contribution < -0.4 is 4.90 Å². The summed E-state index contributed by atoms with van der Waals surface area (Å²) in [4.78, 5) is 2.04. The Morgan fingerprint density at radius 2 is 1.24 bits per heavy atom. The lowest BCUT2D eigenvalue weighted by atomic mass is 10.0. The van der Waals surface area contributed by atoms with E-state index in [-0.39, 0.29) is 11.1 Å². The Morgan fingerprint density at radius 3 is 1.64 bits per heavy atom. The normalized spacial score (nSPS) is 9.72. The second kappa shape index (κ2) is 8.16. The fourth-order valence-electron chi connectivity index (χ4n) is 2.24. The van der Waals surface area contributed by atoms with Gasteiger partial charge >= 0.3 is 0 Å². The van der Waals surface area contributed by atoms with E-state index in [1.54, 1.807) is 24.3 Å². The van der Waals surface area contributed by atoms with Crippen molar-refractivity contribution in [1.29, 1.82) is 15.8 Å². The first-order valence-electron chi connectivity index (χ1n) is 7.59. The smallest absolute Gasteiger partial charge is 0.148 e. The molecule has 0 heterocycles. The van der Waals surface area contributed by atoms with Crippen molar-refractivity contribution in [3.8, 4) is 18.2 Å². The van der Waals surface area contributed by atoms with Crippen LogP contribution in [0.3, 0.4) is 0 Å². The van der Waals surface area contributed by atoms with Gasteiger partial charge in [0.1, 0.15) is 23.8 Å². The van der Waals surface area contributed by atoms with Gasteiger partial charge in [-0.25, -0.2) is 0 Å². The van der Waals surface area contributed by atoms with Crippen molar-refractivity contribution in [2.75, 3.05) is 19.0 Å². The summed E-state index contributed by atoms with van der Waals surface area (Å²) in [5.74, 6) is 0. The van der Waals surface area contributed by atoms with Gasteiger partial charge in [0.25, 0.3) is 0 Å². The Bertz CT molecular complexity index is 910. The Morgan fingerprint density at radius 1 is 0.760 bits per heavy atom. The zero-order valence-electron chi connectivity index (χ0n) is 14.1. The number of hydrogen-bond acceptors (Lipinski definition) is 4. The maximum absolute atomic E-state index is 9.17. The van der Waals surface area contributed by atoms with Crippen LogP contribution in [0.1, 0.15) is 16.7 Å². The summed E-state index contributed by atoms with van der Waals surface area (Å²) >= 11 is 0. The summed E-state index contributed by atoms with van der Waals surface area (Å²) in [5.41, 5.74) is 3.68. The lowest BCUT2D eigenvalue weighted by Gasteiger charge is -2.11. The van der Waals surface area contributed by atoms with Gasteiger partial charge in [0.05, 0.1) is 5.57 Å². The van der Waals surface area contributed by atoms with E-state index in [0.717, 1.165) is 16.8 Å². The van der Waals surface area contributed by atoms with Crippen molar-refractivity contribution < 1.29 is 0 Å². The fraction of sp³-hybridized carbons (Fsp3) is 0.0952. The fourth-order valence-corrected chi connectivity index (χ4v) is 2.24. The van der Waals surface area contributed by atoms with Crippen LogP contribution in [0.25, 0.3) is 17.7 Å². The first kappa shape index (κ1) is 17.5. The van der Waals surface area contributed by atoms with Crippen LogP contribution in [0.5, 0.6) is 0 Å². The number of allylic oxidation sites excluding steroid dienone is 2. The number of nitriles is 3. The molecule has 0 bridgehead atoms. The lowest BCUT2D eigenvalue weighted by Crippen LogP contribution is -2.07. The minimum atomic E-state index is -0.174. The molecule has 0 radical (unpaired) electrons. The van der Waals surface area contributed by atoms with Gasteiger partial charge < -0.3 is 4.90 Å². The summed E-state index contributed by atoms with van der Waals surface area (Å²) in [5, 5.41) is 27.0. The predicted molar refractivity (Wildman–Crippen MR) is 99.9 cm³/mol. The number of rotatable bonds is 4. The Balaban J connectivity index is 2.21. The first-order valence-corrected chi connectivity index (χ1v) is 7.59. The highest BCUT2D eigenvalue weighted by atomic mass is 15.1. The van der Waals surface area contributed by atoms with E-state index in [1.807, 2.05) is 61.5 Å². The highest BCUT2D eigenvalue weighted by molar-refractivity contribution is 5.84. The zero-order valence-corrected chi connectivity index (χ0v) is 14.1. The average Bonchev–Trinajstić information content (AvgIpc) is 2.65. The minimum Gasteiger partial charge on any atom is -0.378 e. The van der Waals surface area contributed by atoms with Crippen LogP contribution in [-0.2, 0) is 0 Å². The summed E-state index contributed by atoms with van der Waals surface area (Å²) in [6.07, 6.45) is 3.98. The second-order valence-corrected chi connectivity index (χ2v) is 5.53. The molecular formula is C21H16N4. The molecule has 0 saturated carbocycles. The number of hydrogen-bond donors (Lipinski definition) is 0. The maximum Gasteiger partial charge on any atom is 0.148 e. The molecular weight excluding hydrogens is 308 g/mol. The van der Waals surface area contributed by atoms with Gasteiger partial charge in [0.15, 0.2) is 0 Å². The highest BCUT2D eigenvalue weighted by Gasteiger charge is 2.08. The predicted octanol–water partition coefficient (Wildman–Crippen LogP) is 4.25. The molecule has 0 aliphatic carbocycles. The summed E-state index contributed by atoms with van der Waals surface area (Å²) in [7, 11) is 4.00. The zero-order chi connectivity index (χ0) is 18.2.